The Labute approximate surface area is 117 Å². The lowest BCUT2D eigenvalue weighted by molar-refractivity contribution is -0.137. The lowest BCUT2D eigenvalue weighted by atomic mass is 10.1. The summed E-state index contributed by atoms with van der Waals surface area (Å²) in [6.45, 7) is 0.715. The van der Waals surface area contributed by atoms with Crippen molar-refractivity contribution < 1.29 is 19.4 Å². The topological polar surface area (TPSA) is 75.6 Å². The minimum absolute atomic E-state index is 0.0499. The highest BCUT2D eigenvalue weighted by molar-refractivity contribution is 5.94. The molecule has 5 nitrogen and oxygen atoms in total. The molecule has 1 aromatic rings. The van der Waals surface area contributed by atoms with Crippen molar-refractivity contribution in [3.05, 3.63) is 35.4 Å². The second kappa shape index (κ2) is 8.73. The van der Waals surface area contributed by atoms with Crippen molar-refractivity contribution in [1.29, 1.82) is 0 Å². The molecule has 0 aliphatic rings. The van der Waals surface area contributed by atoms with Crippen LogP contribution in [0.15, 0.2) is 24.3 Å². The van der Waals surface area contributed by atoms with Crippen LogP contribution in [0.2, 0.25) is 0 Å². The number of carbonyl (C=O) groups excluding carboxylic acids is 1. The van der Waals surface area contributed by atoms with Crippen molar-refractivity contribution >= 4 is 11.9 Å². The van der Waals surface area contributed by atoms with Gasteiger partial charge in [-0.1, -0.05) is 11.8 Å². The maximum Gasteiger partial charge on any atom is 0.303 e. The Balaban J connectivity index is 2.45. The third kappa shape index (κ3) is 6.03. The van der Waals surface area contributed by atoms with Crippen LogP contribution < -0.4 is 5.32 Å². The van der Waals surface area contributed by atoms with E-state index in [0.29, 0.717) is 25.1 Å². The molecule has 0 aliphatic heterocycles. The molecule has 0 bridgehead atoms. The third-order valence-electron chi connectivity index (χ3n) is 2.45. The van der Waals surface area contributed by atoms with Crippen molar-refractivity contribution in [2.24, 2.45) is 0 Å². The molecule has 0 atom stereocenters. The van der Waals surface area contributed by atoms with Crippen molar-refractivity contribution in [3.8, 4) is 11.8 Å². The van der Waals surface area contributed by atoms with Crippen LogP contribution in [0, 0.1) is 11.8 Å². The zero-order chi connectivity index (χ0) is 14.8. The van der Waals surface area contributed by atoms with E-state index in [-0.39, 0.29) is 12.3 Å². The maximum absolute atomic E-state index is 11.7. The van der Waals surface area contributed by atoms with E-state index in [4.69, 9.17) is 9.84 Å². The number of nitrogens with one attached hydrogen (secondary N) is 1. The van der Waals surface area contributed by atoms with Crippen LogP contribution in [0.1, 0.15) is 28.8 Å². The smallest absolute Gasteiger partial charge is 0.303 e. The Hall–Kier alpha value is -2.32. The number of carboxylic acid groups (broad SMARTS) is 1. The highest BCUT2D eigenvalue weighted by Gasteiger charge is 2.04. The Bertz CT molecular complexity index is 511. The molecule has 106 valence electrons. The molecule has 20 heavy (non-hydrogen) atoms. The van der Waals surface area contributed by atoms with E-state index < -0.39 is 5.97 Å². The van der Waals surface area contributed by atoms with Gasteiger partial charge in [-0.2, -0.15) is 0 Å². The fourth-order valence-electron chi connectivity index (χ4n) is 1.46. The Morgan fingerprint density at radius 3 is 2.60 bits per heavy atom. The number of amides is 1. The number of hydrogen-bond acceptors (Lipinski definition) is 3. The first kappa shape index (κ1) is 15.7. The molecule has 0 aliphatic carbocycles. The molecule has 0 radical (unpaired) electrons. The fraction of sp³-hybridized carbons (Fsp3) is 0.333. The van der Waals surface area contributed by atoms with Crippen molar-refractivity contribution in [3.63, 3.8) is 0 Å². The Kier molecular flexibility index (Phi) is 6.87. The van der Waals surface area contributed by atoms with Crippen LogP contribution in [-0.4, -0.2) is 37.2 Å². The fourth-order valence-corrected chi connectivity index (χ4v) is 1.46. The molecule has 0 unspecified atom stereocenters. The Morgan fingerprint density at radius 2 is 2.00 bits per heavy atom. The Morgan fingerprint density at radius 1 is 1.30 bits per heavy atom. The van der Waals surface area contributed by atoms with E-state index in [9.17, 15) is 9.59 Å². The molecule has 0 fully saturated rings. The number of carbonyl (C=O) groups is 2. The van der Waals surface area contributed by atoms with Gasteiger partial charge in [0.05, 0.1) is 0 Å². The number of methoxy groups -OCH3 is 1. The lowest BCUT2D eigenvalue weighted by Crippen LogP contribution is -2.24. The first-order chi connectivity index (χ1) is 9.63. The number of aliphatic carboxylic acids is 1. The second-order valence-electron chi connectivity index (χ2n) is 4.07. The lowest BCUT2D eigenvalue weighted by Gasteiger charge is -2.04. The van der Waals surface area contributed by atoms with Crippen molar-refractivity contribution in [2.75, 3.05) is 20.3 Å². The van der Waals surface area contributed by atoms with Crippen molar-refractivity contribution in [2.45, 2.75) is 12.8 Å². The number of ether oxygens (including phenoxy) is 1. The van der Waals surface area contributed by atoms with Gasteiger partial charge in [-0.15, -0.1) is 0 Å². The number of hydrogen-bond donors (Lipinski definition) is 2. The summed E-state index contributed by atoms with van der Waals surface area (Å²) in [6, 6.07) is 6.89. The summed E-state index contributed by atoms with van der Waals surface area (Å²) in [4.78, 5) is 22.1. The van der Waals surface area contributed by atoms with Gasteiger partial charge < -0.3 is 15.2 Å². The number of rotatable bonds is 6. The van der Waals surface area contributed by atoms with Gasteiger partial charge in [0.25, 0.3) is 5.91 Å². The molecule has 1 aromatic carbocycles. The molecule has 1 amide bonds. The van der Waals surface area contributed by atoms with Gasteiger partial charge in [-0.05, 0) is 30.7 Å². The van der Waals surface area contributed by atoms with Crippen LogP contribution in [0.3, 0.4) is 0 Å². The molecule has 0 saturated heterocycles. The molecule has 0 saturated carbocycles. The zero-order valence-corrected chi connectivity index (χ0v) is 11.3. The first-order valence-corrected chi connectivity index (χ1v) is 6.21. The average molecular weight is 275 g/mol. The van der Waals surface area contributed by atoms with Gasteiger partial charge in [-0.3, -0.25) is 9.59 Å². The van der Waals surface area contributed by atoms with Crippen LogP contribution in [0.25, 0.3) is 0 Å². The maximum atomic E-state index is 11.7. The molecule has 0 aromatic heterocycles. The van der Waals surface area contributed by atoms with Crippen molar-refractivity contribution in [1.82, 2.24) is 5.32 Å². The predicted octanol–water partition coefficient (Wildman–Crippen LogP) is 1.28. The van der Waals surface area contributed by atoms with Crippen LogP contribution >= 0.6 is 0 Å². The van der Waals surface area contributed by atoms with E-state index >= 15 is 0 Å². The highest BCUT2D eigenvalue weighted by Crippen LogP contribution is 2.03. The summed E-state index contributed by atoms with van der Waals surface area (Å²) in [5, 5.41) is 11.1. The van der Waals surface area contributed by atoms with E-state index in [1.54, 1.807) is 31.4 Å². The highest BCUT2D eigenvalue weighted by atomic mass is 16.5. The van der Waals surface area contributed by atoms with E-state index in [1.807, 2.05) is 0 Å². The minimum Gasteiger partial charge on any atom is -0.481 e. The van der Waals surface area contributed by atoms with E-state index in [2.05, 4.69) is 17.2 Å². The monoisotopic (exact) mass is 275 g/mol. The van der Waals surface area contributed by atoms with Crippen LogP contribution in [-0.2, 0) is 9.53 Å². The first-order valence-electron chi connectivity index (χ1n) is 6.21. The average Bonchev–Trinajstić information content (AvgIpc) is 2.44. The summed E-state index contributed by atoms with van der Waals surface area (Å²) >= 11 is 0. The normalized spacial score (nSPS) is 9.45. The van der Waals surface area contributed by atoms with Gasteiger partial charge in [0.15, 0.2) is 0 Å². The van der Waals surface area contributed by atoms with Gasteiger partial charge in [0.1, 0.15) is 6.61 Å². The summed E-state index contributed by atoms with van der Waals surface area (Å²) in [6.07, 6.45) is 0.468. The third-order valence-corrected chi connectivity index (χ3v) is 2.45. The summed E-state index contributed by atoms with van der Waals surface area (Å²) in [7, 11) is 1.58. The SMILES string of the molecule is COCC#Cc1ccc(C(=O)NCCCC(=O)O)cc1. The molecular formula is C15H17NO4. The van der Waals surface area contributed by atoms with Crippen LogP contribution in [0.5, 0.6) is 0 Å². The molecule has 1 rings (SSSR count). The zero-order valence-electron chi connectivity index (χ0n) is 11.3. The second-order valence-corrected chi connectivity index (χ2v) is 4.07. The molecule has 5 heteroatoms. The van der Waals surface area contributed by atoms with Crippen LogP contribution in [0.4, 0.5) is 0 Å². The number of benzene rings is 1. The largest absolute Gasteiger partial charge is 0.481 e. The molecule has 0 spiro atoms. The number of carboxylic acids is 1. The molecule has 0 heterocycles. The van der Waals surface area contributed by atoms with Gasteiger partial charge >= 0.3 is 5.97 Å². The van der Waals surface area contributed by atoms with Gasteiger partial charge in [0, 0.05) is 31.2 Å². The summed E-state index contributed by atoms with van der Waals surface area (Å²) in [5.74, 6) is 4.65. The molecular weight excluding hydrogens is 258 g/mol. The van der Waals surface area contributed by atoms with Gasteiger partial charge in [-0.25, -0.2) is 0 Å². The minimum atomic E-state index is -0.863. The van der Waals surface area contributed by atoms with Gasteiger partial charge in [0.2, 0.25) is 0 Å². The predicted molar refractivity (Wildman–Crippen MR) is 74.4 cm³/mol. The molecule has 2 N–H and O–H groups in total. The standard InChI is InChI=1S/C15H17NO4/c1-20-11-3-4-12-6-8-13(9-7-12)15(19)16-10-2-5-14(17)18/h6-9H,2,5,10-11H2,1H3,(H,16,19)(H,17,18). The van der Waals surface area contributed by atoms with E-state index in [1.165, 1.54) is 0 Å². The quantitative estimate of drug-likeness (QED) is 0.605. The summed E-state index contributed by atoms with van der Waals surface area (Å²) in [5.41, 5.74) is 1.34. The summed E-state index contributed by atoms with van der Waals surface area (Å²) < 4.78 is 4.82. The van der Waals surface area contributed by atoms with E-state index in [0.717, 1.165) is 5.56 Å².